The van der Waals surface area contributed by atoms with Crippen molar-refractivity contribution in [2.75, 3.05) is 26.8 Å². The predicted octanol–water partition coefficient (Wildman–Crippen LogP) is -2.23. The molecule has 21 heavy (non-hydrogen) atoms. The van der Waals surface area contributed by atoms with Crippen LogP contribution >= 0.6 is 0 Å². The number of ether oxygens (including phenoxy) is 1. The number of carbonyl (C=O) groups is 4. The van der Waals surface area contributed by atoms with E-state index in [0.717, 1.165) is 0 Å². The molecule has 0 aromatic heterocycles. The van der Waals surface area contributed by atoms with E-state index in [0.29, 0.717) is 13.2 Å². The highest BCUT2D eigenvalue weighted by molar-refractivity contribution is 5.87. The molecule has 0 saturated heterocycles. The molecular formula is C11H20N4O6. The molecule has 0 fully saturated rings. The molecule has 0 bridgehead atoms. The van der Waals surface area contributed by atoms with Crippen LogP contribution in [-0.4, -0.2) is 61.8 Å². The van der Waals surface area contributed by atoms with Gasteiger partial charge in [-0.25, -0.2) is 9.59 Å². The van der Waals surface area contributed by atoms with E-state index in [1.165, 1.54) is 7.11 Å². The van der Waals surface area contributed by atoms with Crippen LogP contribution < -0.4 is 21.7 Å². The van der Waals surface area contributed by atoms with E-state index in [1.807, 2.05) is 0 Å². The Morgan fingerprint density at radius 2 is 1.86 bits per heavy atom. The lowest BCUT2D eigenvalue weighted by Gasteiger charge is -2.13. The lowest BCUT2D eigenvalue weighted by atomic mass is 10.2. The minimum absolute atomic E-state index is 0.0214. The van der Waals surface area contributed by atoms with Crippen LogP contribution in [0.5, 0.6) is 0 Å². The lowest BCUT2D eigenvalue weighted by Crippen LogP contribution is -2.48. The fraction of sp³-hybridized carbons (Fsp3) is 0.636. The third kappa shape index (κ3) is 10.1. The first kappa shape index (κ1) is 18.6. The van der Waals surface area contributed by atoms with Crippen molar-refractivity contribution in [1.29, 1.82) is 0 Å². The van der Waals surface area contributed by atoms with E-state index in [-0.39, 0.29) is 18.9 Å². The van der Waals surface area contributed by atoms with Crippen molar-refractivity contribution in [1.82, 2.24) is 16.0 Å². The maximum atomic E-state index is 11.4. The minimum atomic E-state index is -1.40. The Hall–Kier alpha value is -2.36. The Morgan fingerprint density at radius 3 is 2.38 bits per heavy atom. The molecule has 0 radical (unpaired) electrons. The zero-order valence-electron chi connectivity index (χ0n) is 11.7. The highest BCUT2D eigenvalue weighted by atomic mass is 16.5. The molecule has 0 unspecified atom stereocenters. The normalized spacial score (nSPS) is 11.3. The van der Waals surface area contributed by atoms with E-state index < -0.39 is 30.4 Å². The fourth-order valence-electron chi connectivity index (χ4n) is 1.28. The largest absolute Gasteiger partial charge is 0.480 e. The van der Waals surface area contributed by atoms with Gasteiger partial charge in [0.2, 0.25) is 11.8 Å². The van der Waals surface area contributed by atoms with Crippen molar-refractivity contribution < 1.29 is 29.0 Å². The average molecular weight is 304 g/mol. The van der Waals surface area contributed by atoms with Crippen molar-refractivity contribution in [2.45, 2.75) is 18.9 Å². The van der Waals surface area contributed by atoms with E-state index >= 15 is 0 Å². The number of primary amides is 1. The number of carboxylic acids is 1. The van der Waals surface area contributed by atoms with Gasteiger partial charge in [0.1, 0.15) is 6.04 Å². The van der Waals surface area contributed by atoms with Crippen LogP contribution in [0.4, 0.5) is 4.79 Å². The molecule has 0 spiro atoms. The molecule has 0 aliphatic heterocycles. The third-order valence-electron chi connectivity index (χ3n) is 2.27. The molecule has 0 aliphatic carbocycles. The number of amides is 4. The van der Waals surface area contributed by atoms with E-state index in [1.54, 1.807) is 0 Å². The van der Waals surface area contributed by atoms with Gasteiger partial charge in [-0.3, -0.25) is 9.59 Å². The van der Waals surface area contributed by atoms with Crippen LogP contribution in [0.15, 0.2) is 0 Å². The summed E-state index contributed by atoms with van der Waals surface area (Å²) < 4.78 is 4.74. The van der Waals surface area contributed by atoms with Crippen LogP contribution in [0.25, 0.3) is 0 Å². The van der Waals surface area contributed by atoms with Gasteiger partial charge in [0, 0.05) is 26.6 Å². The summed E-state index contributed by atoms with van der Waals surface area (Å²) in [6, 6.07) is -2.20. The summed E-state index contributed by atoms with van der Waals surface area (Å²) >= 11 is 0. The monoisotopic (exact) mass is 304 g/mol. The number of rotatable bonds is 10. The quantitative estimate of drug-likeness (QED) is 0.287. The lowest BCUT2D eigenvalue weighted by molar-refractivity contribution is -0.140. The van der Waals surface area contributed by atoms with Crippen LogP contribution in [0, 0.1) is 0 Å². The van der Waals surface area contributed by atoms with Gasteiger partial charge in [-0.2, -0.15) is 0 Å². The second-order valence-electron chi connectivity index (χ2n) is 4.05. The summed E-state index contributed by atoms with van der Waals surface area (Å²) in [5, 5.41) is 15.7. The SMILES string of the molecule is COCCNC(=O)CCNC(=O)N[C@@H](CC(N)=O)C(=O)O. The standard InChI is InChI=1S/C11H20N4O6/c1-21-5-4-13-9(17)2-3-14-11(20)15-7(10(18)19)6-8(12)16/h7H,2-6H2,1H3,(H2,12,16)(H,13,17)(H,18,19)(H2,14,15,20)/t7-/m0/s1. The Labute approximate surface area is 121 Å². The molecule has 0 heterocycles. The Balaban J connectivity index is 3.94. The first-order valence-electron chi connectivity index (χ1n) is 6.18. The molecule has 0 aromatic rings. The second-order valence-corrected chi connectivity index (χ2v) is 4.05. The maximum absolute atomic E-state index is 11.4. The Kier molecular flexibility index (Phi) is 9.26. The van der Waals surface area contributed by atoms with Crippen molar-refractivity contribution in [2.24, 2.45) is 5.73 Å². The van der Waals surface area contributed by atoms with Crippen molar-refractivity contribution in [3.8, 4) is 0 Å². The molecule has 10 nitrogen and oxygen atoms in total. The van der Waals surface area contributed by atoms with E-state index in [9.17, 15) is 19.2 Å². The molecule has 4 amide bonds. The van der Waals surface area contributed by atoms with Gasteiger partial charge in [0.05, 0.1) is 13.0 Å². The summed E-state index contributed by atoms with van der Waals surface area (Å²) in [5.74, 6) is -2.50. The summed E-state index contributed by atoms with van der Waals surface area (Å²) in [5.41, 5.74) is 4.87. The number of carboxylic acid groups (broad SMARTS) is 1. The molecule has 6 N–H and O–H groups in total. The summed E-state index contributed by atoms with van der Waals surface area (Å²) in [6.07, 6.45) is -0.481. The number of aliphatic carboxylic acids is 1. The first-order chi connectivity index (χ1) is 9.86. The number of nitrogens with one attached hydrogen (secondary N) is 3. The highest BCUT2D eigenvalue weighted by Gasteiger charge is 2.21. The first-order valence-corrected chi connectivity index (χ1v) is 6.18. The number of hydrogen-bond acceptors (Lipinski definition) is 5. The van der Waals surface area contributed by atoms with Crippen molar-refractivity contribution in [3.05, 3.63) is 0 Å². The number of hydrogen-bond donors (Lipinski definition) is 5. The van der Waals surface area contributed by atoms with E-state index in [2.05, 4.69) is 16.0 Å². The zero-order chi connectivity index (χ0) is 16.3. The second kappa shape index (κ2) is 10.4. The summed E-state index contributed by atoms with van der Waals surface area (Å²) in [7, 11) is 1.50. The number of methoxy groups -OCH3 is 1. The molecular weight excluding hydrogens is 284 g/mol. The zero-order valence-corrected chi connectivity index (χ0v) is 11.7. The molecule has 0 rings (SSSR count). The van der Waals surface area contributed by atoms with Gasteiger partial charge >= 0.3 is 12.0 Å². The van der Waals surface area contributed by atoms with Crippen molar-refractivity contribution >= 4 is 23.8 Å². The smallest absolute Gasteiger partial charge is 0.326 e. The molecule has 0 aliphatic rings. The van der Waals surface area contributed by atoms with Crippen LogP contribution in [0.3, 0.4) is 0 Å². The van der Waals surface area contributed by atoms with Crippen LogP contribution in [0.1, 0.15) is 12.8 Å². The highest BCUT2D eigenvalue weighted by Crippen LogP contribution is 1.91. The van der Waals surface area contributed by atoms with Gasteiger partial charge in [-0.1, -0.05) is 0 Å². The topological polar surface area (TPSA) is 160 Å². The van der Waals surface area contributed by atoms with Gasteiger partial charge in [0.25, 0.3) is 0 Å². The third-order valence-corrected chi connectivity index (χ3v) is 2.27. The number of carbonyl (C=O) groups excluding carboxylic acids is 3. The number of nitrogens with two attached hydrogens (primary N) is 1. The molecule has 10 heteroatoms. The molecule has 0 aromatic carbocycles. The molecule has 0 saturated carbocycles. The van der Waals surface area contributed by atoms with Gasteiger partial charge < -0.3 is 31.5 Å². The fourth-order valence-corrected chi connectivity index (χ4v) is 1.28. The van der Waals surface area contributed by atoms with Crippen LogP contribution in [0.2, 0.25) is 0 Å². The molecule has 120 valence electrons. The maximum Gasteiger partial charge on any atom is 0.326 e. The van der Waals surface area contributed by atoms with E-state index in [4.69, 9.17) is 15.6 Å². The Bertz CT molecular complexity index is 387. The summed E-state index contributed by atoms with van der Waals surface area (Å²) in [4.78, 5) is 44.1. The Morgan fingerprint density at radius 1 is 1.19 bits per heavy atom. The average Bonchev–Trinajstić information content (AvgIpc) is 2.37. The summed E-state index contributed by atoms with van der Waals surface area (Å²) in [6.45, 7) is 0.766. The molecule has 1 atom stereocenters. The van der Waals surface area contributed by atoms with Gasteiger partial charge in [-0.15, -0.1) is 0 Å². The predicted molar refractivity (Wildman–Crippen MR) is 71.3 cm³/mol. The number of urea groups is 1. The van der Waals surface area contributed by atoms with Crippen molar-refractivity contribution in [3.63, 3.8) is 0 Å². The van der Waals surface area contributed by atoms with Gasteiger partial charge in [-0.05, 0) is 0 Å². The van der Waals surface area contributed by atoms with Crippen LogP contribution in [-0.2, 0) is 19.1 Å². The minimum Gasteiger partial charge on any atom is -0.480 e. The van der Waals surface area contributed by atoms with Gasteiger partial charge in [0.15, 0.2) is 0 Å².